The van der Waals surface area contributed by atoms with Crippen molar-refractivity contribution in [3.05, 3.63) is 63.2 Å². The molecule has 2 heterocycles. The zero-order chi connectivity index (χ0) is 17.6. The summed E-state index contributed by atoms with van der Waals surface area (Å²) in [6.07, 6.45) is 3.35. The molecular weight excluding hydrogens is 381 g/mol. The third-order valence-corrected chi connectivity index (χ3v) is 5.25. The predicted molar refractivity (Wildman–Crippen MR) is 100 cm³/mol. The van der Waals surface area contributed by atoms with Crippen LogP contribution in [0.15, 0.2) is 47.6 Å². The van der Waals surface area contributed by atoms with Crippen LogP contribution in [0.4, 0.5) is 4.79 Å². The van der Waals surface area contributed by atoms with Gasteiger partial charge in [0.05, 0.1) is 31.7 Å². The molecule has 2 aromatic carbocycles. The van der Waals surface area contributed by atoms with E-state index < -0.39 is 5.91 Å². The number of hydrogen-bond donors (Lipinski definition) is 1. The molecule has 0 spiro atoms. The lowest BCUT2D eigenvalue weighted by Crippen LogP contribution is -2.17. The Morgan fingerprint density at radius 2 is 1.88 bits per heavy atom. The van der Waals surface area contributed by atoms with Gasteiger partial charge in [0.2, 0.25) is 0 Å². The van der Waals surface area contributed by atoms with E-state index in [0.717, 1.165) is 28.5 Å². The van der Waals surface area contributed by atoms with Gasteiger partial charge in [-0.25, -0.2) is 4.98 Å². The first-order chi connectivity index (χ1) is 12.0. The van der Waals surface area contributed by atoms with E-state index in [1.54, 1.807) is 24.5 Å². The second kappa shape index (κ2) is 6.22. The summed E-state index contributed by atoms with van der Waals surface area (Å²) in [5.41, 5.74) is 3.09. The van der Waals surface area contributed by atoms with Crippen molar-refractivity contribution >= 4 is 63.2 Å². The van der Waals surface area contributed by atoms with E-state index in [-0.39, 0.29) is 5.24 Å². The zero-order valence-corrected chi connectivity index (χ0v) is 14.8. The van der Waals surface area contributed by atoms with Crippen LogP contribution < -0.4 is 5.32 Å². The Bertz CT molecular complexity index is 1070. The zero-order valence-electron chi connectivity index (χ0n) is 12.5. The van der Waals surface area contributed by atoms with Gasteiger partial charge in [-0.2, -0.15) is 0 Å². The first kappa shape index (κ1) is 16.2. The third kappa shape index (κ3) is 2.93. The monoisotopic (exact) mass is 389 g/mol. The lowest BCUT2D eigenvalue weighted by Gasteiger charge is -2.09. The van der Waals surface area contributed by atoms with Crippen LogP contribution in [-0.2, 0) is 4.79 Å². The average molecular weight is 390 g/mol. The number of nitrogens with zero attached hydrogens (tertiary/aromatic N) is 2. The molecule has 25 heavy (non-hydrogen) atoms. The van der Waals surface area contributed by atoms with Crippen LogP contribution in [0.25, 0.3) is 22.8 Å². The van der Waals surface area contributed by atoms with Gasteiger partial charge in [-0.3, -0.25) is 19.5 Å². The maximum absolute atomic E-state index is 11.8. The van der Waals surface area contributed by atoms with Gasteiger partial charge in [-0.1, -0.05) is 41.4 Å². The molecule has 0 atom stereocenters. The average Bonchev–Trinajstić information content (AvgIpc) is 3.11. The molecule has 1 aromatic heterocycles. The van der Waals surface area contributed by atoms with Crippen molar-refractivity contribution in [3.63, 3.8) is 0 Å². The van der Waals surface area contributed by atoms with Crippen LogP contribution in [0.5, 0.6) is 0 Å². The van der Waals surface area contributed by atoms with Gasteiger partial charge in [0.1, 0.15) is 6.33 Å². The van der Waals surface area contributed by atoms with Gasteiger partial charge < -0.3 is 0 Å². The Balaban J connectivity index is 1.88. The number of imide groups is 1. The van der Waals surface area contributed by atoms with Crippen LogP contribution in [0.2, 0.25) is 10.0 Å². The fraction of sp³-hybridized carbons (Fsp3) is 0. The summed E-state index contributed by atoms with van der Waals surface area (Å²) in [7, 11) is 0. The highest BCUT2D eigenvalue weighted by Crippen LogP contribution is 2.31. The molecule has 5 nitrogen and oxygen atoms in total. The van der Waals surface area contributed by atoms with Crippen LogP contribution in [0.3, 0.4) is 0 Å². The van der Waals surface area contributed by atoms with Crippen LogP contribution in [0.1, 0.15) is 5.56 Å². The lowest BCUT2D eigenvalue weighted by atomic mass is 10.1. The summed E-state index contributed by atoms with van der Waals surface area (Å²) >= 11 is 13.1. The molecule has 0 aliphatic carbocycles. The molecule has 0 unspecified atom stereocenters. The Kier molecular flexibility index (Phi) is 4.03. The molecule has 1 aliphatic heterocycles. The molecule has 1 aliphatic rings. The number of para-hydroxylation sites is 1. The second-order valence-electron chi connectivity index (χ2n) is 5.28. The highest BCUT2D eigenvalue weighted by atomic mass is 35.5. The van der Waals surface area contributed by atoms with Crippen molar-refractivity contribution in [1.29, 1.82) is 0 Å². The Labute approximate surface area is 156 Å². The van der Waals surface area contributed by atoms with Crippen molar-refractivity contribution in [3.8, 4) is 5.69 Å². The molecule has 1 saturated heterocycles. The van der Waals surface area contributed by atoms with E-state index in [9.17, 15) is 9.59 Å². The topological polar surface area (TPSA) is 64.0 Å². The minimum Gasteiger partial charge on any atom is -0.298 e. The number of aromatic nitrogens is 2. The van der Waals surface area contributed by atoms with Gasteiger partial charge in [0.15, 0.2) is 0 Å². The molecule has 0 radical (unpaired) electrons. The summed E-state index contributed by atoms with van der Waals surface area (Å²) < 4.78 is 1.86. The number of imidazole rings is 1. The second-order valence-corrected chi connectivity index (χ2v) is 7.11. The minimum atomic E-state index is -0.393. The van der Waals surface area contributed by atoms with Crippen LogP contribution in [-0.4, -0.2) is 20.7 Å². The summed E-state index contributed by atoms with van der Waals surface area (Å²) in [5.74, 6) is -0.393. The van der Waals surface area contributed by atoms with Gasteiger partial charge in [0, 0.05) is 0 Å². The number of carbonyl (C=O) groups is 2. The maximum atomic E-state index is 11.8. The standard InChI is InChI=1S/C17H9Cl2N3O2S/c18-10-6-12-14(7-11(10)19)22(8-20-12)13-4-2-1-3-9(13)5-15-16(23)21-17(24)25-15/h1-8H,(H,21,23,24). The van der Waals surface area contributed by atoms with E-state index in [0.29, 0.717) is 20.5 Å². The number of thioether (sulfide) groups is 1. The van der Waals surface area contributed by atoms with Crippen molar-refractivity contribution in [1.82, 2.24) is 14.9 Å². The summed E-state index contributed by atoms with van der Waals surface area (Å²) in [4.78, 5) is 27.9. The summed E-state index contributed by atoms with van der Waals surface area (Å²) in [6.45, 7) is 0. The van der Waals surface area contributed by atoms with Crippen LogP contribution in [0, 0.1) is 0 Å². The van der Waals surface area contributed by atoms with Gasteiger partial charge in [-0.15, -0.1) is 0 Å². The summed E-state index contributed by atoms with van der Waals surface area (Å²) in [6, 6.07) is 11.0. The third-order valence-electron chi connectivity index (χ3n) is 3.71. The maximum Gasteiger partial charge on any atom is 0.290 e. The largest absolute Gasteiger partial charge is 0.298 e. The Morgan fingerprint density at radius 3 is 2.64 bits per heavy atom. The Morgan fingerprint density at radius 1 is 1.12 bits per heavy atom. The van der Waals surface area contributed by atoms with E-state index in [4.69, 9.17) is 23.2 Å². The van der Waals surface area contributed by atoms with Crippen molar-refractivity contribution < 1.29 is 9.59 Å². The number of nitrogens with one attached hydrogen (secondary N) is 1. The fourth-order valence-corrected chi connectivity index (χ4v) is 3.58. The van der Waals surface area contributed by atoms with Gasteiger partial charge >= 0.3 is 0 Å². The van der Waals surface area contributed by atoms with E-state index in [2.05, 4.69) is 10.3 Å². The number of benzene rings is 2. The van der Waals surface area contributed by atoms with Gasteiger partial charge in [0.25, 0.3) is 11.1 Å². The first-order valence-corrected chi connectivity index (χ1v) is 8.76. The smallest absolute Gasteiger partial charge is 0.290 e. The van der Waals surface area contributed by atoms with Crippen molar-refractivity contribution in [2.75, 3.05) is 0 Å². The predicted octanol–water partition coefficient (Wildman–Crippen LogP) is 4.66. The molecule has 1 N–H and O–H groups in total. The molecule has 124 valence electrons. The lowest BCUT2D eigenvalue weighted by molar-refractivity contribution is -0.115. The molecule has 3 aromatic rings. The highest BCUT2D eigenvalue weighted by molar-refractivity contribution is 8.18. The number of amides is 2. The van der Waals surface area contributed by atoms with Gasteiger partial charge in [-0.05, 0) is 41.6 Å². The van der Waals surface area contributed by atoms with Crippen LogP contribution >= 0.6 is 35.0 Å². The molecule has 8 heteroatoms. The number of fused-ring (bicyclic) bond motifs is 1. The van der Waals surface area contributed by atoms with E-state index in [1.165, 1.54) is 0 Å². The fourth-order valence-electron chi connectivity index (χ4n) is 2.59. The van der Waals surface area contributed by atoms with Crippen molar-refractivity contribution in [2.24, 2.45) is 0 Å². The molecule has 0 bridgehead atoms. The normalized spacial score (nSPS) is 16.0. The SMILES string of the molecule is O=C1NC(=O)C(=Cc2ccccc2-n2cnc3cc(Cl)c(Cl)cc32)S1. The summed E-state index contributed by atoms with van der Waals surface area (Å²) in [5, 5.41) is 2.75. The molecule has 4 rings (SSSR count). The van der Waals surface area contributed by atoms with Crippen molar-refractivity contribution in [2.45, 2.75) is 0 Å². The van der Waals surface area contributed by atoms with E-state index in [1.807, 2.05) is 28.8 Å². The molecule has 2 amide bonds. The number of hydrogen-bond acceptors (Lipinski definition) is 4. The number of rotatable bonds is 2. The first-order valence-electron chi connectivity index (χ1n) is 7.19. The number of halogens is 2. The van der Waals surface area contributed by atoms with E-state index >= 15 is 0 Å². The minimum absolute atomic E-state index is 0.350. The molecule has 1 fully saturated rings. The molecule has 0 saturated carbocycles. The highest BCUT2D eigenvalue weighted by Gasteiger charge is 2.25. The molecular formula is C17H9Cl2N3O2S. The Hall–Kier alpha value is -2.28. The number of carbonyl (C=O) groups excluding carboxylic acids is 2. The quantitative estimate of drug-likeness (QED) is 0.647.